The normalized spacial score (nSPS) is 18.0. The van der Waals surface area contributed by atoms with Crippen molar-refractivity contribution in [3.63, 3.8) is 0 Å². The Bertz CT molecular complexity index is 806. The van der Waals surface area contributed by atoms with Crippen LogP contribution in [0.5, 0.6) is 5.75 Å². The standard InChI is InChI=1S/C18H15Cl2NO4/c19-14-7-6-13-16(15(14)20)21(17(22)18(13)24-10-11-25-18)8-9-23-12-4-2-1-3-5-12/h1-7H,8-11H2. The number of anilines is 1. The molecule has 2 aromatic carbocycles. The zero-order chi connectivity index (χ0) is 17.4. The molecule has 130 valence electrons. The van der Waals surface area contributed by atoms with Gasteiger partial charge in [-0.15, -0.1) is 0 Å². The second-order valence-corrected chi connectivity index (χ2v) is 6.47. The molecule has 5 nitrogen and oxygen atoms in total. The Morgan fingerprint density at radius 3 is 2.52 bits per heavy atom. The number of hydrogen-bond donors (Lipinski definition) is 0. The van der Waals surface area contributed by atoms with Crippen LogP contribution in [-0.2, 0) is 20.1 Å². The number of ether oxygens (including phenoxy) is 3. The van der Waals surface area contributed by atoms with Gasteiger partial charge in [0, 0.05) is 5.56 Å². The van der Waals surface area contributed by atoms with Crippen LogP contribution >= 0.6 is 23.2 Å². The maximum Gasteiger partial charge on any atom is 0.292 e. The molecule has 2 aliphatic heterocycles. The Hall–Kier alpha value is -1.79. The van der Waals surface area contributed by atoms with Crippen LogP contribution in [0.4, 0.5) is 5.69 Å². The van der Waals surface area contributed by atoms with Crippen molar-refractivity contribution in [3.05, 3.63) is 58.1 Å². The van der Waals surface area contributed by atoms with Crippen molar-refractivity contribution in [3.8, 4) is 5.75 Å². The number of halogens is 2. The van der Waals surface area contributed by atoms with Gasteiger partial charge in [-0.2, -0.15) is 0 Å². The Morgan fingerprint density at radius 1 is 1.08 bits per heavy atom. The van der Waals surface area contributed by atoms with Crippen LogP contribution in [0.15, 0.2) is 42.5 Å². The Labute approximate surface area is 155 Å². The van der Waals surface area contributed by atoms with Crippen LogP contribution < -0.4 is 9.64 Å². The minimum Gasteiger partial charge on any atom is -0.492 e. The van der Waals surface area contributed by atoms with Gasteiger partial charge in [-0.05, 0) is 24.3 Å². The van der Waals surface area contributed by atoms with Crippen molar-refractivity contribution in [2.45, 2.75) is 5.79 Å². The molecule has 0 bridgehead atoms. The molecule has 2 heterocycles. The molecule has 0 radical (unpaired) electrons. The summed E-state index contributed by atoms with van der Waals surface area (Å²) in [5, 5.41) is 0.681. The molecular weight excluding hydrogens is 365 g/mol. The lowest BCUT2D eigenvalue weighted by atomic mass is 10.1. The molecule has 0 unspecified atom stereocenters. The fourth-order valence-electron chi connectivity index (χ4n) is 3.14. The number of nitrogens with zero attached hydrogens (tertiary/aromatic N) is 1. The lowest BCUT2D eigenvalue weighted by Crippen LogP contribution is -2.42. The van der Waals surface area contributed by atoms with E-state index in [9.17, 15) is 4.79 Å². The lowest BCUT2D eigenvalue weighted by molar-refractivity contribution is -0.180. The van der Waals surface area contributed by atoms with Crippen LogP contribution in [0.2, 0.25) is 10.0 Å². The summed E-state index contributed by atoms with van der Waals surface area (Å²) in [5.41, 5.74) is 1.11. The molecule has 1 saturated heterocycles. The average molecular weight is 380 g/mol. The molecule has 4 rings (SSSR count). The molecule has 0 atom stereocenters. The minimum atomic E-state index is -1.42. The minimum absolute atomic E-state index is 0.300. The van der Waals surface area contributed by atoms with Gasteiger partial charge in [0.05, 0.1) is 35.5 Å². The Morgan fingerprint density at radius 2 is 1.80 bits per heavy atom. The van der Waals surface area contributed by atoms with Crippen LogP contribution in [0.3, 0.4) is 0 Å². The summed E-state index contributed by atoms with van der Waals surface area (Å²) in [7, 11) is 0. The molecule has 1 spiro atoms. The highest BCUT2D eigenvalue weighted by Gasteiger charge is 2.56. The van der Waals surface area contributed by atoms with Gasteiger partial charge >= 0.3 is 0 Å². The van der Waals surface area contributed by atoms with E-state index in [1.165, 1.54) is 4.90 Å². The fourth-order valence-corrected chi connectivity index (χ4v) is 3.56. The zero-order valence-corrected chi connectivity index (χ0v) is 14.7. The quantitative estimate of drug-likeness (QED) is 0.813. The lowest BCUT2D eigenvalue weighted by Gasteiger charge is -2.22. The highest BCUT2D eigenvalue weighted by atomic mass is 35.5. The first-order chi connectivity index (χ1) is 12.1. The average Bonchev–Trinajstić information content (AvgIpc) is 3.20. The largest absolute Gasteiger partial charge is 0.492 e. The molecule has 7 heteroatoms. The van der Waals surface area contributed by atoms with Crippen molar-refractivity contribution >= 4 is 34.8 Å². The SMILES string of the molecule is O=C1N(CCOc2ccccc2)c2c(ccc(Cl)c2Cl)C12OCCO2. The van der Waals surface area contributed by atoms with Gasteiger partial charge in [0.2, 0.25) is 0 Å². The van der Waals surface area contributed by atoms with Crippen LogP contribution in [-0.4, -0.2) is 32.3 Å². The zero-order valence-electron chi connectivity index (χ0n) is 13.2. The van der Waals surface area contributed by atoms with Crippen LogP contribution in [0, 0.1) is 0 Å². The molecule has 2 aromatic rings. The van der Waals surface area contributed by atoms with Crippen molar-refractivity contribution in [2.24, 2.45) is 0 Å². The van der Waals surface area contributed by atoms with Crippen molar-refractivity contribution in [1.29, 1.82) is 0 Å². The van der Waals surface area contributed by atoms with E-state index in [1.54, 1.807) is 12.1 Å². The molecule has 25 heavy (non-hydrogen) atoms. The predicted octanol–water partition coefficient (Wildman–Crippen LogP) is 3.62. The van der Waals surface area contributed by atoms with E-state index in [-0.39, 0.29) is 5.91 Å². The Balaban J connectivity index is 1.62. The van der Waals surface area contributed by atoms with Gasteiger partial charge in [0.25, 0.3) is 11.7 Å². The molecule has 1 fully saturated rings. The molecule has 0 saturated carbocycles. The second kappa shape index (κ2) is 6.50. The topological polar surface area (TPSA) is 48.0 Å². The number of carbonyl (C=O) groups excluding carboxylic acids is 1. The van der Waals surface area contributed by atoms with Gasteiger partial charge in [0.15, 0.2) is 0 Å². The maximum atomic E-state index is 13.0. The highest BCUT2D eigenvalue weighted by molar-refractivity contribution is 6.44. The smallest absolute Gasteiger partial charge is 0.292 e. The van der Waals surface area contributed by atoms with Gasteiger partial charge in [-0.3, -0.25) is 4.79 Å². The molecular formula is C18H15Cl2NO4. The Kier molecular flexibility index (Phi) is 4.33. The van der Waals surface area contributed by atoms with Crippen molar-refractivity contribution in [2.75, 3.05) is 31.3 Å². The van der Waals surface area contributed by atoms with E-state index in [0.29, 0.717) is 47.7 Å². The van der Waals surface area contributed by atoms with Crippen molar-refractivity contribution in [1.82, 2.24) is 0 Å². The van der Waals surface area contributed by atoms with Crippen LogP contribution in [0.1, 0.15) is 5.56 Å². The summed E-state index contributed by atoms with van der Waals surface area (Å²) < 4.78 is 17.0. The summed E-state index contributed by atoms with van der Waals surface area (Å²) in [6.07, 6.45) is 0. The molecule has 0 N–H and O–H groups in total. The third-order valence-electron chi connectivity index (χ3n) is 4.24. The molecule has 0 aromatic heterocycles. The number of rotatable bonds is 4. The number of amides is 1. The summed E-state index contributed by atoms with van der Waals surface area (Å²) in [6.45, 7) is 1.29. The fraction of sp³-hybridized carbons (Fsp3) is 0.278. The van der Waals surface area contributed by atoms with Gasteiger partial charge in [-0.1, -0.05) is 41.4 Å². The van der Waals surface area contributed by atoms with Gasteiger partial charge < -0.3 is 19.1 Å². The number of fused-ring (bicyclic) bond motifs is 2. The summed E-state index contributed by atoms with van der Waals surface area (Å²) in [4.78, 5) is 14.5. The van der Waals surface area contributed by atoms with Crippen LogP contribution in [0.25, 0.3) is 0 Å². The van der Waals surface area contributed by atoms with E-state index in [1.807, 2.05) is 30.3 Å². The van der Waals surface area contributed by atoms with Gasteiger partial charge in [0.1, 0.15) is 12.4 Å². The first-order valence-corrected chi connectivity index (χ1v) is 8.65. The van der Waals surface area contributed by atoms with E-state index in [0.717, 1.165) is 5.75 Å². The monoisotopic (exact) mass is 379 g/mol. The highest BCUT2D eigenvalue weighted by Crippen LogP contribution is 2.50. The second-order valence-electron chi connectivity index (χ2n) is 5.69. The third-order valence-corrected chi connectivity index (χ3v) is 5.04. The molecule has 2 aliphatic rings. The number of benzene rings is 2. The number of carbonyl (C=O) groups is 1. The first kappa shape index (κ1) is 16.7. The van der Waals surface area contributed by atoms with Gasteiger partial charge in [-0.25, -0.2) is 0 Å². The summed E-state index contributed by atoms with van der Waals surface area (Å²) in [5.74, 6) is -0.994. The summed E-state index contributed by atoms with van der Waals surface area (Å²) >= 11 is 12.5. The maximum absolute atomic E-state index is 13.0. The predicted molar refractivity (Wildman–Crippen MR) is 94.3 cm³/mol. The van der Waals surface area contributed by atoms with E-state index in [2.05, 4.69) is 0 Å². The number of hydrogen-bond acceptors (Lipinski definition) is 4. The van der Waals surface area contributed by atoms with Crippen molar-refractivity contribution < 1.29 is 19.0 Å². The molecule has 1 amide bonds. The molecule has 0 aliphatic carbocycles. The third kappa shape index (κ3) is 2.68. The van der Waals surface area contributed by atoms with E-state index < -0.39 is 5.79 Å². The van der Waals surface area contributed by atoms with E-state index in [4.69, 9.17) is 37.4 Å². The first-order valence-electron chi connectivity index (χ1n) is 7.90. The van der Waals surface area contributed by atoms with E-state index >= 15 is 0 Å². The number of para-hydroxylation sites is 1. The summed E-state index contributed by atoms with van der Waals surface area (Å²) in [6, 6.07) is 12.8.